The molecule has 1 aliphatic heterocycles. The molecule has 0 fully saturated rings. The van der Waals surface area contributed by atoms with E-state index >= 15 is 0 Å². The summed E-state index contributed by atoms with van der Waals surface area (Å²) in [6.07, 6.45) is 2.45. The molecule has 1 heterocycles. The predicted molar refractivity (Wildman–Crippen MR) is 85.0 cm³/mol. The van der Waals surface area contributed by atoms with Gasteiger partial charge in [0.25, 0.3) is 5.91 Å². The first-order valence-corrected chi connectivity index (χ1v) is 7.63. The molecule has 0 bridgehead atoms. The average molecular weight is 315 g/mol. The maximum Gasteiger partial charge on any atom is 0.266 e. The number of rotatable bonds is 6. The molecule has 0 radical (unpaired) electrons. The van der Waals surface area contributed by atoms with Gasteiger partial charge in [0.15, 0.2) is 0 Å². The molecular formula is C17H21N3O3. The van der Waals surface area contributed by atoms with Crippen molar-refractivity contribution in [3.05, 3.63) is 47.2 Å². The summed E-state index contributed by atoms with van der Waals surface area (Å²) >= 11 is 0. The second-order valence-electron chi connectivity index (χ2n) is 5.38. The molecule has 0 aliphatic carbocycles. The van der Waals surface area contributed by atoms with E-state index in [-0.39, 0.29) is 31.9 Å². The molecule has 2 rings (SSSR count). The van der Waals surface area contributed by atoms with Crippen molar-refractivity contribution < 1.29 is 15.0 Å². The molecule has 1 aromatic rings. The van der Waals surface area contributed by atoms with Gasteiger partial charge in [0.2, 0.25) is 0 Å². The van der Waals surface area contributed by atoms with Crippen LogP contribution in [0.1, 0.15) is 11.1 Å². The summed E-state index contributed by atoms with van der Waals surface area (Å²) in [4.78, 5) is 15.6. The van der Waals surface area contributed by atoms with Crippen molar-refractivity contribution in [3.8, 4) is 6.07 Å². The monoisotopic (exact) mass is 315 g/mol. The van der Waals surface area contributed by atoms with Gasteiger partial charge in [0.05, 0.1) is 13.2 Å². The highest BCUT2D eigenvalue weighted by Crippen LogP contribution is 2.19. The van der Waals surface area contributed by atoms with E-state index in [0.29, 0.717) is 6.54 Å². The molecule has 1 amide bonds. The van der Waals surface area contributed by atoms with Crippen LogP contribution in [0, 0.1) is 11.3 Å². The van der Waals surface area contributed by atoms with Crippen molar-refractivity contribution in [1.29, 1.82) is 5.26 Å². The molecule has 0 saturated heterocycles. The van der Waals surface area contributed by atoms with Gasteiger partial charge in [-0.3, -0.25) is 4.79 Å². The third kappa shape index (κ3) is 4.31. The lowest BCUT2D eigenvalue weighted by atomic mass is 10.00. The lowest BCUT2D eigenvalue weighted by Crippen LogP contribution is -2.37. The van der Waals surface area contributed by atoms with E-state index in [1.165, 1.54) is 16.0 Å². The Bertz CT molecular complexity index is 616. The summed E-state index contributed by atoms with van der Waals surface area (Å²) in [5.41, 5.74) is 2.51. The summed E-state index contributed by atoms with van der Waals surface area (Å²) in [5.74, 6) is -0.463. The molecule has 122 valence electrons. The number of nitrogens with zero attached hydrogens (tertiary/aromatic N) is 3. The number of carbonyl (C=O) groups excluding carboxylic acids is 1. The zero-order valence-corrected chi connectivity index (χ0v) is 13.0. The van der Waals surface area contributed by atoms with Crippen LogP contribution >= 0.6 is 0 Å². The number of aliphatic hydroxyl groups excluding tert-OH is 2. The molecular weight excluding hydrogens is 294 g/mol. The number of hydrogen-bond donors (Lipinski definition) is 2. The van der Waals surface area contributed by atoms with Gasteiger partial charge < -0.3 is 20.0 Å². The van der Waals surface area contributed by atoms with Gasteiger partial charge in [-0.05, 0) is 17.5 Å². The van der Waals surface area contributed by atoms with Crippen molar-refractivity contribution in [1.82, 2.24) is 9.80 Å². The molecule has 23 heavy (non-hydrogen) atoms. The lowest BCUT2D eigenvalue weighted by molar-refractivity contribution is -0.127. The number of aliphatic hydroxyl groups is 2. The molecule has 0 unspecified atom stereocenters. The van der Waals surface area contributed by atoms with Gasteiger partial charge in [-0.25, -0.2) is 0 Å². The Morgan fingerprint density at radius 2 is 1.91 bits per heavy atom. The highest BCUT2D eigenvalue weighted by molar-refractivity contribution is 5.97. The SMILES string of the molecule is N#C/C(=C/N1CCc2ccccc2C1)C(=O)N(CCO)CCO. The molecule has 1 aromatic carbocycles. The van der Waals surface area contributed by atoms with Crippen LogP contribution < -0.4 is 0 Å². The second kappa shape index (κ2) is 8.32. The Morgan fingerprint density at radius 1 is 1.26 bits per heavy atom. The third-order valence-electron chi connectivity index (χ3n) is 3.85. The summed E-state index contributed by atoms with van der Waals surface area (Å²) in [6, 6.07) is 10.1. The van der Waals surface area contributed by atoms with E-state index in [0.717, 1.165) is 13.0 Å². The van der Waals surface area contributed by atoms with Gasteiger partial charge in [-0.2, -0.15) is 5.26 Å². The average Bonchev–Trinajstić information content (AvgIpc) is 2.58. The number of nitriles is 1. The Hall–Kier alpha value is -2.36. The minimum Gasteiger partial charge on any atom is -0.395 e. The van der Waals surface area contributed by atoms with Gasteiger partial charge in [-0.1, -0.05) is 24.3 Å². The normalized spacial score (nSPS) is 14.1. The molecule has 0 spiro atoms. The van der Waals surface area contributed by atoms with Crippen LogP contribution in [0.4, 0.5) is 0 Å². The fourth-order valence-electron chi connectivity index (χ4n) is 2.67. The molecule has 2 N–H and O–H groups in total. The molecule has 0 aromatic heterocycles. The first-order chi connectivity index (χ1) is 11.2. The van der Waals surface area contributed by atoms with Crippen LogP contribution in [-0.4, -0.2) is 58.8 Å². The molecule has 6 heteroatoms. The van der Waals surface area contributed by atoms with E-state index in [1.54, 1.807) is 6.20 Å². The van der Waals surface area contributed by atoms with Crippen LogP contribution in [0.5, 0.6) is 0 Å². The van der Waals surface area contributed by atoms with Gasteiger partial charge in [0.1, 0.15) is 11.6 Å². The second-order valence-corrected chi connectivity index (χ2v) is 5.38. The van der Waals surface area contributed by atoms with Crippen LogP contribution in [0.2, 0.25) is 0 Å². The zero-order valence-electron chi connectivity index (χ0n) is 13.0. The van der Waals surface area contributed by atoms with Crippen LogP contribution in [0.25, 0.3) is 0 Å². The van der Waals surface area contributed by atoms with Gasteiger partial charge >= 0.3 is 0 Å². The van der Waals surface area contributed by atoms with E-state index in [2.05, 4.69) is 6.07 Å². The van der Waals surface area contributed by atoms with Crippen molar-refractivity contribution in [2.75, 3.05) is 32.8 Å². The number of fused-ring (bicyclic) bond motifs is 1. The highest BCUT2D eigenvalue weighted by Gasteiger charge is 2.20. The molecule has 0 atom stereocenters. The Balaban J connectivity index is 2.13. The largest absolute Gasteiger partial charge is 0.395 e. The highest BCUT2D eigenvalue weighted by atomic mass is 16.3. The first kappa shape index (κ1) is 17.0. The zero-order chi connectivity index (χ0) is 16.7. The van der Waals surface area contributed by atoms with E-state index in [1.807, 2.05) is 29.2 Å². The van der Waals surface area contributed by atoms with E-state index in [4.69, 9.17) is 10.2 Å². The van der Waals surface area contributed by atoms with E-state index < -0.39 is 5.91 Å². The van der Waals surface area contributed by atoms with Crippen LogP contribution in [0.3, 0.4) is 0 Å². The van der Waals surface area contributed by atoms with Crippen LogP contribution in [-0.2, 0) is 17.8 Å². The first-order valence-electron chi connectivity index (χ1n) is 7.63. The molecule has 0 saturated carbocycles. The smallest absolute Gasteiger partial charge is 0.266 e. The molecule has 1 aliphatic rings. The van der Waals surface area contributed by atoms with E-state index in [9.17, 15) is 10.1 Å². The maximum absolute atomic E-state index is 12.4. The summed E-state index contributed by atoms with van der Waals surface area (Å²) in [7, 11) is 0. The predicted octanol–water partition coefficient (Wildman–Crippen LogP) is 0.265. The minimum absolute atomic E-state index is 0.0197. The summed E-state index contributed by atoms with van der Waals surface area (Å²) < 4.78 is 0. The van der Waals surface area contributed by atoms with Crippen molar-refractivity contribution >= 4 is 5.91 Å². The van der Waals surface area contributed by atoms with Crippen molar-refractivity contribution in [2.45, 2.75) is 13.0 Å². The van der Waals surface area contributed by atoms with Crippen molar-refractivity contribution in [3.63, 3.8) is 0 Å². The Morgan fingerprint density at radius 3 is 2.52 bits per heavy atom. The van der Waals surface area contributed by atoms with Gasteiger partial charge in [-0.15, -0.1) is 0 Å². The van der Waals surface area contributed by atoms with Gasteiger partial charge in [0, 0.05) is 32.4 Å². The maximum atomic E-state index is 12.4. The summed E-state index contributed by atoms with van der Waals surface area (Å²) in [5, 5.41) is 27.3. The fourth-order valence-corrected chi connectivity index (χ4v) is 2.67. The Kier molecular flexibility index (Phi) is 6.15. The summed E-state index contributed by atoms with van der Waals surface area (Å²) in [6.45, 7) is 1.19. The number of hydrogen-bond acceptors (Lipinski definition) is 5. The quantitative estimate of drug-likeness (QED) is 0.581. The minimum atomic E-state index is -0.463. The standard InChI is InChI=1S/C17H21N3O3/c18-11-16(17(23)20(7-9-21)8-10-22)13-19-6-5-14-3-1-2-4-15(14)12-19/h1-4,13,21-22H,5-10,12H2/b16-13-. The topological polar surface area (TPSA) is 87.8 Å². The Labute approximate surface area is 135 Å². The molecule has 6 nitrogen and oxygen atoms in total. The number of benzene rings is 1. The van der Waals surface area contributed by atoms with Crippen molar-refractivity contribution in [2.24, 2.45) is 0 Å². The fraction of sp³-hybridized carbons (Fsp3) is 0.412. The third-order valence-corrected chi connectivity index (χ3v) is 3.85. The number of carbonyl (C=O) groups is 1. The van der Waals surface area contributed by atoms with Crippen LogP contribution in [0.15, 0.2) is 36.0 Å². The lowest BCUT2D eigenvalue weighted by Gasteiger charge is -2.28. The number of amides is 1.